The van der Waals surface area contributed by atoms with E-state index in [2.05, 4.69) is 4.72 Å². The lowest BCUT2D eigenvalue weighted by Gasteiger charge is -2.12. The minimum atomic E-state index is -3.55. The monoisotopic (exact) mass is 315 g/mol. The normalized spacial score (nSPS) is 16.1. The van der Waals surface area contributed by atoms with E-state index in [1.807, 2.05) is 6.07 Å². The highest BCUT2D eigenvalue weighted by Crippen LogP contribution is 2.31. The lowest BCUT2D eigenvalue weighted by molar-refractivity contribution is 0.547. The van der Waals surface area contributed by atoms with Crippen molar-refractivity contribution in [3.63, 3.8) is 0 Å². The molecule has 0 saturated heterocycles. The molecule has 5 nitrogen and oxygen atoms in total. The van der Waals surface area contributed by atoms with E-state index >= 15 is 0 Å². The van der Waals surface area contributed by atoms with E-state index in [1.165, 1.54) is 18.2 Å². The largest absolute Gasteiger partial charge is 0.326 e. The summed E-state index contributed by atoms with van der Waals surface area (Å²) < 4.78 is 26.7. The van der Waals surface area contributed by atoms with Crippen molar-refractivity contribution in [1.29, 1.82) is 5.26 Å². The van der Waals surface area contributed by atoms with Gasteiger partial charge in [0.25, 0.3) is 0 Å². The van der Waals surface area contributed by atoms with Gasteiger partial charge in [-0.15, -0.1) is 12.4 Å². The molecule has 0 amide bonds. The Morgan fingerprint density at radius 3 is 2.65 bits per heavy atom. The average Bonchev–Trinajstić information content (AvgIpc) is 3.20. The quantitative estimate of drug-likeness (QED) is 0.856. The Morgan fingerprint density at radius 1 is 1.50 bits per heavy atom. The van der Waals surface area contributed by atoms with Gasteiger partial charge in [0.05, 0.1) is 16.5 Å². The zero-order valence-corrected chi connectivity index (χ0v) is 12.8. The molecule has 1 atom stereocenters. The van der Waals surface area contributed by atoms with Gasteiger partial charge in [0.1, 0.15) is 0 Å². The molecule has 1 aromatic rings. The first-order chi connectivity index (χ1) is 8.94. The van der Waals surface area contributed by atoms with Crippen LogP contribution in [0.15, 0.2) is 23.1 Å². The second-order valence-electron chi connectivity index (χ2n) is 4.94. The lowest BCUT2D eigenvalue weighted by Crippen LogP contribution is -2.38. The maximum atomic E-state index is 12.1. The molecule has 20 heavy (non-hydrogen) atoms. The van der Waals surface area contributed by atoms with Gasteiger partial charge in [-0.25, -0.2) is 13.1 Å². The standard InChI is InChI=1S/C13H17N3O2S.ClH/c1-9-6-12(5-4-11(9)7-14)19(17,18)16-8-13(15)10-2-3-10;/h4-6,10,13,16H,2-3,8,15H2,1H3;1H. The van der Waals surface area contributed by atoms with Crippen molar-refractivity contribution < 1.29 is 8.42 Å². The van der Waals surface area contributed by atoms with Gasteiger partial charge in [-0.05, 0) is 49.4 Å². The Labute approximate surface area is 125 Å². The molecular formula is C13H18ClN3O2S. The summed E-state index contributed by atoms with van der Waals surface area (Å²) in [6, 6.07) is 6.36. The molecule has 110 valence electrons. The van der Waals surface area contributed by atoms with Gasteiger partial charge in [0.2, 0.25) is 10.0 Å². The van der Waals surface area contributed by atoms with Crippen LogP contribution in [0.4, 0.5) is 0 Å². The first-order valence-electron chi connectivity index (χ1n) is 6.20. The highest BCUT2D eigenvalue weighted by molar-refractivity contribution is 7.89. The maximum absolute atomic E-state index is 12.1. The van der Waals surface area contributed by atoms with Crippen molar-refractivity contribution >= 4 is 22.4 Å². The van der Waals surface area contributed by atoms with Crippen molar-refractivity contribution in [2.45, 2.75) is 30.7 Å². The molecule has 1 aliphatic carbocycles. The molecule has 0 heterocycles. The number of benzene rings is 1. The van der Waals surface area contributed by atoms with Crippen molar-refractivity contribution in [3.05, 3.63) is 29.3 Å². The molecule has 0 spiro atoms. The van der Waals surface area contributed by atoms with Crippen LogP contribution in [0.2, 0.25) is 0 Å². The molecule has 0 aromatic heterocycles. The topological polar surface area (TPSA) is 96.0 Å². The molecule has 0 aliphatic heterocycles. The number of nitrogens with two attached hydrogens (primary N) is 1. The van der Waals surface area contributed by atoms with E-state index in [-0.39, 0.29) is 29.9 Å². The molecule has 1 fully saturated rings. The summed E-state index contributed by atoms with van der Waals surface area (Å²) in [6.45, 7) is 1.97. The molecular weight excluding hydrogens is 298 g/mol. The van der Waals surface area contributed by atoms with Gasteiger partial charge in [0, 0.05) is 12.6 Å². The number of sulfonamides is 1. The Kier molecular flexibility index (Phi) is 5.54. The smallest absolute Gasteiger partial charge is 0.240 e. The Morgan fingerprint density at radius 2 is 2.15 bits per heavy atom. The van der Waals surface area contributed by atoms with E-state index < -0.39 is 10.0 Å². The number of nitrogens with zero attached hydrogens (tertiary/aromatic N) is 1. The predicted molar refractivity (Wildman–Crippen MR) is 79.0 cm³/mol. The summed E-state index contributed by atoms with van der Waals surface area (Å²) in [7, 11) is -3.55. The Balaban J connectivity index is 0.00000200. The van der Waals surface area contributed by atoms with Crippen LogP contribution in [0, 0.1) is 24.2 Å². The number of nitrogens with one attached hydrogen (secondary N) is 1. The van der Waals surface area contributed by atoms with Gasteiger partial charge in [-0.3, -0.25) is 0 Å². The van der Waals surface area contributed by atoms with Crippen molar-refractivity contribution in [2.75, 3.05) is 6.54 Å². The van der Waals surface area contributed by atoms with Crippen LogP contribution in [0.1, 0.15) is 24.0 Å². The van der Waals surface area contributed by atoms with E-state index in [0.29, 0.717) is 17.0 Å². The van der Waals surface area contributed by atoms with Crippen molar-refractivity contribution in [2.24, 2.45) is 11.7 Å². The number of nitriles is 1. The van der Waals surface area contributed by atoms with Crippen molar-refractivity contribution in [3.8, 4) is 6.07 Å². The van der Waals surface area contributed by atoms with E-state index in [0.717, 1.165) is 12.8 Å². The molecule has 1 aromatic carbocycles. The highest BCUT2D eigenvalue weighted by atomic mass is 35.5. The maximum Gasteiger partial charge on any atom is 0.240 e. The van der Waals surface area contributed by atoms with Crippen LogP contribution in [0.3, 0.4) is 0 Å². The number of rotatable bonds is 5. The summed E-state index contributed by atoms with van der Waals surface area (Å²) in [5, 5.41) is 8.82. The Bertz CT molecular complexity index is 621. The highest BCUT2D eigenvalue weighted by Gasteiger charge is 2.29. The summed E-state index contributed by atoms with van der Waals surface area (Å²) in [6.07, 6.45) is 2.16. The predicted octanol–water partition coefficient (Wildman–Crippen LogP) is 1.30. The van der Waals surface area contributed by atoms with Gasteiger partial charge in [0.15, 0.2) is 0 Å². The second kappa shape index (κ2) is 6.55. The minimum Gasteiger partial charge on any atom is -0.326 e. The zero-order valence-electron chi connectivity index (χ0n) is 11.2. The van der Waals surface area contributed by atoms with Gasteiger partial charge < -0.3 is 5.73 Å². The van der Waals surface area contributed by atoms with E-state index in [1.54, 1.807) is 6.92 Å². The van der Waals surface area contributed by atoms with Gasteiger partial charge in [-0.1, -0.05) is 0 Å². The van der Waals surface area contributed by atoms with E-state index in [4.69, 9.17) is 11.0 Å². The molecule has 0 radical (unpaired) electrons. The summed E-state index contributed by atoms with van der Waals surface area (Å²) >= 11 is 0. The third-order valence-corrected chi connectivity index (χ3v) is 4.79. The number of hydrogen-bond acceptors (Lipinski definition) is 4. The van der Waals surface area contributed by atoms with Crippen LogP contribution in [0.25, 0.3) is 0 Å². The summed E-state index contributed by atoms with van der Waals surface area (Å²) in [4.78, 5) is 0.173. The molecule has 3 N–H and O–H groups in total. The summed E-state index contributed by atoms with van der Waals surface area (Å²) in [5.74, 6) is 0.449. The van der Waals surface area contributed by atoms with Gasteiger partial charge in [-0.2, -0.15) is 5.26 Å². The molecule has 1 unspecified atom stereocenters. The summed E-state index contributed by atoms with van der Waals surface area (Å²) in [5.41, 5.74) is 7.00. The molecule has 2 rings (SSSR count). The fourth-order valence-corrected chi connectivity index (χ4v) is 3.07. The minimum absolute atomic E-state index is 0. The third kappa shape index (κ3) is 3.93. The fraction of sp³-hybridized carbons (Fsp3) is 0.462. The van der Waals surface area contributed by atoms with Crippen LogP contribution in [-0.4, -0.2) is 21.0 Å². The molecule has 1 aliphatic rings. The van der Waals surface area contributed by atoms with Crippen molar-refractivity contribution in [1.82, 2.24) is 4.72 Å². The SMILES string of the molecule is Cc1cc(S(=O)(=O)NCC(N)C2CC2)ccc1C#N.Cl. The number of hydrogen-bond donors (Lipinski definition) is 2. The lowest BCUT2D eigenvalue weighted by atomic mass is 10.1. The van der Waals surface area contributed by atoms with Crippen LogP contribution in [0.5, 0.6) is 0 Å². The van der Waals surface area contributed by atoms with Crippen LogP contribution >= 0.6 is 12.4 Å². The van der Waals surface area contributed by atoms with Crippen LogP contribution < -0.4 is 10.5 Å². The van der Waals surface area contributed by atoms with Crippen LogP contribution in [-0.2, 0) is 10.0 Å². The molecule has 1 saturated carbocycles. The first-order valence-corrected chi connectivity index (χ1v) is 7.68. The number of halogens is 1. The molecule has 7 heteroatoms. The zero-order chi connectivity index (χ0) is 14.0. The first kappa shape index (κ1) is 16.9. The van der Waals surface area contributed by atoms with E-state index in [9.17, 15) is 8.42 Å². The average molecular weight is 316 g/mol. The third-order valence-electron chi connectivity index (χ3n) is 3.37. The van der Waals surface area contributed by atoms with Gasteiger partial charge >= 0.3 is 0 Å². The fourth-order valence-electron chi connectivity index (χ4n) is 1.91. The number of aryl methyl sites for hydroxylation is 1. The Hall–Kier alpha value is -1.13. The second-order valence-corrected chi connectivity index (χ2v) is 6.71. The molecule has 0 bridgehead atoms.